The van der Waals surface area contributed by atoms with Gasteiger partial charge in [0, 0.05) is 32.4 Å². The molecule has 2 aliphatic rings. The first-order valence-electron chi connectivity index (χ1n) is 9.83. The molecule has 0 radical (unpaired) electrons. The number of hydrogen-bond donors (Lipinski definition) is 0. The van der Waals surface area contributed by atoms with Gasteiger partial charge >= 0.3 is 0 Å². The summed E-state index contributed by atoms with van der Waals surface area (Å²) in [7, 11) is 0. The van der Waals surface area contributed by atoms with E-state index in [2.05, 4.69) is 9.97 Å². The molecule has 0 unspecified atom stereocenters. The first-order chi connectivity index (χ1) is 13.7. The van der Waals surface area contributed by atoms with E-state index in [9.17, 15) is 9.59 Å². The van der Waals surface area contributed by atoms with Crippen LogP contribution in [0, 0.1) is 0 Å². The fourth-order valence-corrected chi connectivity index (χ4v) is 3.89. The van der Waals surface area contributed by atoms with Gasteiger partial charge in [-0.2, -0.15) is 0 Å². The molecule has 28 heavy (non-hydrogen) atoms. The van der Waals surface area contributed by atoms with Gasteiger partial charge in [-0.15, -0.1) is 0 Å². The van der Waals surface area contributed by atoms with E-state index in [-0.39, 0.29) is 17.9 Å². The summed E-state index contributed by atoms with van der Waals surface area (Å²) in [6.45, 7) is 5.76. The summed E-state index contributed by atoms with van der Waals surface area (Å²) < 4.78 is 7.16. The van der Waals surface area contributed by atoms with Crippen LogP contribution in [0.1, 0.15) is 52.3 Å². The second kappa shape index (κ2) is 8.10. The fraction of sp³-hybridized carbons (Fsp3) is 0.500. The van der Waals surface area contributed by atoms with Gasteiger partial charge in [-0.25, -0.2) is 4.98 Å². The molecule has 148 valence electrons. The van der Waals surface area contributed by atoms with Gasteiger partial charge in [-0.3, -0.25) is 14.6 Å². The van der Waals surface area contributed by atoms with Gasteiger partial charge in [0.15, 0.2) is 0 Å². The average molecular weight is 383 g/mol. The van der Waals surface area contributed by atoms with Crippen LogP contribution in [0.25, 0.3) is 0 Å². The van der Waals surface area contributed by atoms with Crippen LogP contribution in [0.3, 0.4) is 0 Å². The summed E-state index contributed by atoms with van der Waals surface area (Å²) in [5.41, 5.74) is 2.01. The Morgan fingerprint density at radius 3 is 2.68 bits per heavy atom. The number of aromatic nitrogens is 3. The van der Waals surface area contributed by atoms with Gasteiger partial charge in [-0.05, 0) is 31.9 Å². The Kier molecular flexibility index (Phi) is 5.38. The van der Waals surface area contributed by atoms with Crippen molar-refractivity contribution >= 4 is 11.8 Å². The number of pyridine rings is 1. The van der Waals surface area contributed by atoms with Crippen molar-refractivity contribution < 1.29 is 14.3 Å². The first-order valence-corrected chi connectivity index (χ1v) is 9.83. The molecule has 2 amide bonds. The molecular formula is C20H25N5O3. The van der Waals surface area contributed by atoms with Crippen LogP contribution in [-0.2, 0) is 11.3 Å². The zero-order valence-electron chi connectivity index (χ0n) is 16.1. The molecule has 2 aromatic heterocycles. The molecular weight excluding hydrogens is 358 g/mol. The molecule has 2 fully saturated rings. The minimum absolute atomic E-state index is 0.0166. The Hall–Kier alpha value is -2.74. The lowest BCUT2D eigenvalue weighted by Crippen LogP contribution is -2.40. The monoisotopic (exact) mass is 383 g/mol. The van der Waals surface area contributed by atoms with Crippen molar-refractivity contribution in [1.29, 1.82) is 0 Å². The molecule has 0 N–H and O–H groups in total. The quantitative estimate of drug-likeness (QED) is 0.804. The Labute approximate surface area is 164 Å². The third-order valence-corrected chi connectivity index (χ3v) is 5.46. The molecule has 1 atom stereocenters. The van der Waals surface area contributed by atoms with Crippen molar-refractivity contribution in [2.75, 3.05) is 32.8 Å². The highest BCUT2D eigenvalue weighted by molar-refractivity contribution is 5.94. The summed E-state index contributed by atoms with van der Waals surface area (Å²) >= 11 is 0. The molecule has 0 saturated carbocycles. The standard InChI is InChI=1S/C20H25N5O3/c1-2-23-14-21-13-18(23)20(27)25-7-3-4-17(25)16-6-5-15(12-22-16)19(26)24-8-10-28-11-9-24/h5-6,12-14,17H,2-4,7-11H2,1H3/t17-/m1/s1. The number of ether oxygens (including phenoxy) is 1. The lowest BCUT2D eigenvalue weighted by Gasteiger charge is -2.27. The number of amides is 2. The van der Waals surface area contributed by atoms with E-state index in [1.54, 1.807) is 23.6 Å². The van der Waals surface area contributed by atoms with Gasteiger partial charge in [0.2, 0.25) is 0 Å². The average Bonchev–Trinajstić information content (AvgIpc) is 3.43. The van der Waals surface area contributed by atoms with Crippen LogP contribution in [-0.4, -0.2) is 69.0 Å². The fourth-order valence-electron chi connectivity index (χ4n) is 3.89. The van der Waals surface area contributed by atoms with Gasteiger partial charge in [0.25, 0.3) is 11.8 Å². The number of likely N-dealkylation sites (tertiary alicyclic amines) is 1. The normalized spacial score (nSPS) is 19.8. The smallest absolute Gasteiger partial charge is 0.272 e. The van der Waals surface area contributed by atoms with Gasteiger partial charge in [0.1, 0.15) is 5.69 Å². The van der Waals surface area contributed by atoms with Crippen LogP contribution in [0.2, 0.25) is 0 Å². The van der Waals surface area contributed by atoms with E-state index in [1.165, 1.54) is 0 Å². The summed E-state index contributed by atoms with van der Waals surface area (Å²) in [6, 6.07) is 3.62. The number of carbonyl (C=O) groups is 2. The lowest BCUT2D eigenvalue weighted by molar-refractivity contribution is 0.0302. The molecule has 8 heteroatoms. The highest BCUT2D eigenvalue weighted by Gasteiger charge is 2.33. The zero-order valence-corrected chi connectivity index (χ0v) is 16.1. The maximum Gasteiger partial charge on any atom is 0.272 e. The van der Waals surface area contributed by atoms with Crippen molar-refractivity contribution in [2.45, 2.75) is 32.4 Å². The number of nitrogens with zero attached hydrogens (tertiary/aromatic N) is 5. The van der Waals surface area contributed by atoms with E-state index in [4.69, 9.17) is 4.74 Å². The largest absolute Gasteiger partial charge is 0.378 e. The third kappa shape index (κ3) is 3.52. The van der Waals surface area contributed by atoms with Crippen molar-refractivity contribution in [1.82, 2.24) is 24.3 Å². The maximum absolute atomic E-state index is 13.0. The zero-order chi connectivity index (χ0) is 19.5. The second-order valence-electron chi connectivity index (χ2n) is 7.10. The van der Waals surface area contributed by atoms with E-state index < -0.39 is 0 Å². The summed E-state index contributed by atoms with van der Waals surface area (Å²) in [5, 5.41) is 0. The SMILES string of the molecule is CCn1cncc1C(=O)N1CCC[C@@H]1c1ccc(C(=O)N2CCOCC2)cn1. The van der Waals surface area contributed by atoms with Crippen molar-refractivity contribution in [3.8, 4) is 0 Å². The van der Waals surface area contributed by atoms with Gasteiger partial charge in [-0.1, -0.05) is 0 Å². The number of carbonyl (C=O) groups excluding carboxylic acids is 2. The number of aryl methyl sites for hydroxylation is 1. The van der Waals surface area contributed by atoms with Crippen molar-refractivity contribution in [3.05, 3.63) is 47.8 Å². The first kappa shape index (κ1) is 18.6. The summed E-state index contributed by atoms with van der Waals surface area (Å²) in [4.78, 5) is 37.9. The lowest BCUT2D eigenvalue weighted by atomic mass is 10.1. The van der Waals surface area contributed by atoms with Gasteiger partial charge in [0.05, 0.1) is 43.0 Å². The highest BCUT2D eigenvalue weighted by atomic mass is 16.5. The molecule has 0 spiro atoms. The number of rotatable bonds is 4. The van der Waals surface area contributed by atoms with Crippen LogP contribution < -0.4 is 0 Å². The van der Waals surface area contributed by atoms with Crippen LogP contribution in [0.15, 0.2) is 30.9 Å². The predicted octanol–water partition coefficient (Wildman–Crippen LogP) is 1.75. The summed E-state index contributed by atoms with van der Waals surface area (Å²) in [6.07, 6.45) is 6.74. The minimum atomic E-state index is -0.0692. The Morgan fingerprint density at radius 1 is 1.14 bits per heavy atom. The van der Waals surface area contributed by atoms with E-state index in [1.807, 2.05) is 28.5 Å². The molecule has 0 bridgehead atoms. The third-order valence-electron chi connectivity index (χ3n) is 5.46. The molecule has 2 aliphatic heterocycles. The molecule has 2 aromatic rings. The molecule has 0 aromatic carbocycles. The minimum Gasteiger partial charge on any atom is -0.378 e. The second-order valence-corrected chi connectivity index (χ2v) is 7.10. The van der Waals surface area contributed by atoms with Gasteiger partial charge < -0.3 is 19.1 Å². The highest BCUT2D eigenvalue weighted by Crippen LogP contribution is 2.32. The number of morpholine rings is 1. The van der Waals surface area contributed by atoms with Crippen LogP contribution in [0.4, 0.5) is 0 Å². The maximum atomic E-state index is 13.0. The molecule has 2 saturated heterocycles. The van der Waals surface area contributed by atoms with Crippen LogP contribution in [0.5, 0.6) is 0 Å². The number of hydrogen-bond acceptors (Lipinski definition) is 5. The topological polar surface area (TPSA) is 80.6 Å². The molecule has 4 heterocycles. The van der Waals surface area contributed by atoms with Crippen LogP contribution >= 0.6 is 0 Å². The van der Waals surface area contributed by atoms with E-state index in [0.29, 0.717) is 50.7 Å². The van der Waals surface area contributed by atoms with Crippen molar-refractivity contribution in [3.63, 3.8) is 0 Å². The molecule has 4 rings (SSSR count). The van der Waals surface area contributed by atoms with E-state index in [0.717, 1.165) is 18.5 Å². The Morgan fingerprint density at radius 2 is 1.96 bits per heavy atom. The van der Waals surface area contributed by atoms with E-state index >= 15 is 0 Å². The van der Waals surface area contributed by atoms with Crippen molar-refractivity contribution in [2.24, 2.45) is 0 Å². The molecule has 8 nitrogen and oxygen atoms in total. The Balaban J connectivity index is 1.50. The predicted molar refractivity (Wildman–Crippen MR) is 102 cm³/mol. The molecule has 0 aliphatic carbocycles. The Bertz CT molecular complexity index is 842. The summed E-state index contributed by atoms with van der Waals surface area (Å²) in [5.74, 6) is -0.0364. The number of imidazole rings is 1.